The lowest BCUT2D eigenvalue weighted by Crippen LogP contribution is -2.41. The Bertz CT molecular complexity index is 1730. The number of hydrogen-bond acceptors (Lipinski definition) is 4. The molecule has 0 fully saturated rings. The summed E-state index contributed by atoms with van der Waals surface area (Å²) in [6, 6.07) is 15.3. The molecule has 0 spiro atoms. The fourth-order valence-corrected chi connectivity index (χ4v) is 7.52. The molecule has 7 rings (SSSR count). The number of amides is 4. The Balaban J connectivity index is 0.00000109. The van der Waals surface area contributed by atoms with Crippen molar-refractivity contribution < 1.29 is 19.2 Å². The predicted octanol–water partition coefficient (Wildman–Crippen LogP) is 10.9. The first-order chi connectivity index (χ1) is 23.5. The number of benzene rings is 5. The number of nitrogens with zero attached hydrogens (tertiary/aromatic N) is 2. The van der Waals surface area contributed by atoms with E-state index in [1.165, 1.54) is 9.80 Å². The molecule has 0 aliphatic carbocycles. The third-order valence-electron chi connectivity index (χ3n) is 9.77. The van der Waals surface area contributed by atoms with Gasteiger partial charge in [0.15, 0.2) is 0 Å². The van der Waals surface area contributed by atoms with Crippen molar-refractivity contribution in [3.8, 4) is 0 Å². The van der Waals surface area contributed by atoms with Crippen LogP contribution in [0.4, 0.5) is 0 Å². The van der Waals surface area contributed by atoms with Crippen LogP contribution in [0.25, 0.3) is 43.1 Å². The fourth-order valence-electron chi connectivity index (χ4n) is 7.52. The number of carbonyl (C=O) groups is 4. The second-order valence-corrected chi connectivity index (χ2v) is 12.5. The molecule has 0 unspecified atom stereocenters. The molecule has 5 aromatic rings. The lowest BCUT2D eigenvalue weighted by Gasteiger charge is -2.30. The Morgan fingerprint density at radius 3 is 0.917 bits per heavy atom. The Kier molecular flexibility index (Phi) is 11.1. The van der Waals surface area contributed by atoms with Crippen LogP contribution < -0.4 is 0 Å². The molecule has 2 heterocycles. The van der Waals surface area contributed by atoms with Gasteiger partial charge in [-0.15, -0.1) is 0 Å². The van der Waals surface area contributed by atoms with Gasteiger partial charge in [0.1, 0.15) is 0 Å². The first-order valence-electron chi connectivity index (χ1n) is 18.4. The fraction of sp³-hybridized carbons (Fsp3) is 0.429. The van der Waals surface area contributed by atoms with Crippen LogP contribution in [0.15, 0.2) is 48.5 Å². The monoisotopic (exact) mass is 646 g/mol. The molecular weight excluding hydrogens is 596 g/mol. The van der Waals surface area contributed by atoms with Crippen LogP contribution in [0.5, 0.6) is 0 Å². The Morgan fingerprint density at radius 1 is 0.375 bits per heavy atom. The van der Waals surface area contributed by atoms with Crippen LogP contribution in [-0.2, 0) is 0 Å². The van der Waals surface area contributed by atoms with Crippen molar-refractivity contribution >= 4 is 66.7 Å². The molecule has 2 aliphatic heterocycles. The van der Waals surface area contributed by atoms with Crippen molar-refractivity contribution in [1.82, 2.24) is 9.80 Å². The molecule has 0 aromatic heterocycles. The van der Waals surface area contributed by atoms with E-state index in [4.69, 9.17) is 0 Å². The van der Waals surface area contributed by atoms with Gasteiger partial charge in [0.05, 0.1) is 0 Å². The van der Waals surface area contributed by atoms with Gasteiger partial charge in [-0.3, -0.25) is 29.0 Å². The van der Waals surface area contributed by atoms with E-state index in [2.05, 4.69) is 13.8 Å². The summed E-state index contributed by atoms with van der Waals surface area (Å²) < 4.78 is 0. The summed E-state index contributed by atoms with van der Waals surface area (Å²) in [7, 11) is 0. The van der Waals surface area contributed by atoms with Crippen LogP contribution in [0.2, 0.25) is 0 Å². The van der Waals surface area contributed by atoms with Crippen molar-refractivity contribution in [2.45, 2.75) is 106 Å². The molecule has 2 aliphatic rings. The minimum atomic E-state index is -0.233. The summed E-state index contributed by atoms with van der Waals surface area (Å²) in [5.74, 6) is -0.931. The molecule has 4 amide bonds. The smallest absolute Gasteiger partial charge is 0.261 e. The predicted molar refractivity (Wildman–Crippen MR) is 199 cm³/mol. The highest BCUT2D eigenvalue weighted by molar-refractivity contribution is 6.41. The van der Waals surface area contributed by atoms with Crippen molar-refractivity contribution in [3.63, 3.8) is 0 Å². The number of hydrogen-bond donors (Lipinski definition) is 0. The molecule has 0 radical (unpaired) electrons. The molecule has 252 valence electrons. The summed E-state index contributed by atoms with van der Waals surface area (Å²) in [4.78, 5) is 57.6. The van der Waals surface area contributed by atoms with Gasteiger partial charge in [-0.2, -0.15) is 0 Å². The Labute approximate surface area is 284 Å². The largest absolute Gasteiger partial charge is 0.274 e. The molecule has 0 saturated heterocycles. The lowest BCUT2D eigenvalue weighted by molar-refractivity contribution is 0.0592. The average molecular weight is 647 g/mol. The van der Waals surface area contributed by atoms with Crippen molar-refractivity contribution in [3.05, 3.63) is 70.8 Å². The molecule has 6 nitrogen and oxygen atoms in total. The maximum atomic E-state index is 13.7. The molecular formula is C42H50N2O4. The number of unbranched alkanes of at least 4 members (excludes halogenated alkanes) is 8. The first kappa shape index (κ1) is 35.0. The van der Waals surface area contributed by atoms with Gasteiger partial charge in [-0.05, 0) is 69.4 Å². The molecule has 48 heavy (non-hydrogen) atoms. The zero-order valence-corrected chi connectivity index (χ0v) is 29.6. The second kappa shape index (κ2) is 15.3. The first-order valence-corrected chi connectivity index (χ1v) is 18.4. The molecule has 0 N–H and O–H groups in total. The van der Waals surface area contributed by atoms with Gasteiger partial charge >= 0.3 is 0 Å². The van der Waals surface area contributed by atoms with E-state index in [0.29, 0.717) is 46.1 Å². The summed E-state index contributed by atoms with van der Waals surface area (Å²) in [6.07, 6.45) is 10.4. The molecule has 0 atom stereocenters. The van der Waals surface area contributed by atoms with Crippen LogP contribution in [-0.4, -0.2) is 46.5 Å². The quantitative estimate of drug-likeness (QED) is 0.0585. The highest BCUT2D eigenvalue weighted by Gasteiger charge is 2.36. The highest BCUT2D eigenvalue weighted by atomic mass is 16.2. The minimum Gasteiger partial charge on any atom is -0.274 e. The summed E-state index contributed by atoms with van der Waals surface area (Å²) in [5, 5.41) is 6.87. The van der Waals surface area contributed by atoms with Crippen molar-refractivity contribution in [2.24, 2.45) is 0 Å². The van der Waals surface area contributed by atoms with E-state index in [9.17, 15) is 19.2 Å². The van der Waals surface area contributed by atoms with E-state index < -0.39 is 0 Å². The molecule has 0 saturated carbocycles. The SMILES string of the molecule is CC.CC.CCCCCCCN1C(=O)c2ccc3c4ccc5c6c(ccc(c7ccc(c2c37)C1=O)c64)C(=O)N(CCCCCCC)C5=O. The maximum absolute atomic E-state index is 13.7. The van der Waals surface area contributed by atoms with E-state index in [0.717, 1.165) is 96.5 Å². The lowest BCUT2D eigenvalue weighted by atomic mass is 9.82. The highest BCUT2D eigenvalue weighted by Crippen LogP contribution is 2.46. The normalized spacial score (nSPS) is 13.9. The number of carbonyl (C=O) groups excluding carboxylic acids is 4. The molecule has 5 aromatic carbocycles. The van der Waals surface area contributed by atoms with Crippen LogP contribution in [0.1, 0.15) is 147 Å². The van der Waals surface area contributed by atoms with Gasteiger partial charge in [0.25, 0.3) is 23.6 Å². The van der Waals surface area contributed by atoms with Crippen molar-refractivity contribution in [1.29, 1.82) is 0 Å². The zero-order chi connectivity index (χ0) is 34.5. The minimum absolute atomic E-state index is 0.233. The molecule has 6 heteroatoms. The third-order valence-corrected chi connectivity index (χ3v) is 9.77. The second-order valence-electron chi connectivity index (χ2n) is 12.5. The van der Waals surface area contributed by atoms with Gasteiger partial charge in [-0.25, -0.2) is 0 Å². The van der Waals surface area contributed by atoms with Crippen LogP contribution in [0, 0.1) is 0 Å². The number of fused-ring (bicyclic) bond motifs is 2. The van der Waals surface area contributed by atoms with Gasteiger partial charge in [0.2, 0.25) is 0 Å². The molecule has 0 bridgehead atoms. The Hall–Kier alpha value is -4.32. The number of imide groups is 2. The van der Waals surface area contributed by atoms with Crippen LogP contribution in [0.3, 0.4) is 0 Å². The zero-order valence-electron chi connectivity index (χ0n) is 29.6. The summed E-state index contributed by atoms with van der Waals surface area (Å²) in [6.45, 7) is 13.2. The van der Waals surface area contributed by atoms with E-state index in [1.807, 2.05) is 76.2 Å². The van der Waals surface area contributed by atoms with Gasteiger partial charge in [0, 0.05) is 46.1 Å². The summed E-state index contributed by atoms with van der Waals surface area (Å²) in [5.41, 5.74) is 2.23. The van der Waals surface area contributed by atoms with E-state index in [1.54, 1.807) is 0 Å². The van der Waals surface area contributed by atoms with Crippen molar-refractivity contribution in [2.75, 3.05) is 13.1 Å². The van der Waals surface area contributed by atoms with Gasteiger partial charge in [-0.1, -0.05) is 117 Å². The Morgan fingerprint density at radius 2 is 0.646 bits per heavy atom. The van der Waals surface area contributed by atoms with E-state index >= 15 is 0 Å². The standard InChI is InChI=1S/C38H38N2O4.2C2H6/c1-3-5-7-9-11-21-39-35(41)27-17-13-23-25-15-19-29-34-30(38(44)40(37(29)43)22-12-10-8-6-4-2)20-16-26(32(25)34)24-14-18-28(36(39)42)33(27)31(23)24;2*1-2/h13-20H,3-12,21-22H2,1-2H3;2*1-2H3. The maximum Gasteiger partial charge on any atom is 0.261 e. The third kappa shape index (κ3) is 5.73. The number of rotatable bonds is 12. The topological polar surface area (TPSA) is 74.8 Å². The van der Waals surface area contributed by atoms with E-state index in [-0.39, 0.29) is 23.6 Å². The average Bonchev–Trinajstić information content (AvgIpc) is 3.12. The summed E-state index contributed by atoms with van der Waals surface area (Å²) >= 11 is 0. The van der Waals surface area contributed by atoms with Gasteiger partial charge < -0.3 is 0 Å². The van der Waals surface area contributed by atoms with Crippen LogP contribution >= 0.6 is 0 Å².